The monoisotopic (exact) mass is 262 g/mol. The molecule has 0 saturated heterocycles. The summed E-state index contributed by atoms with van der Waals surface area (Å²) in [5.74, 6) is 2.68. The van der Waals surface area contributed by atoms with Gasteiger partial charge in [0.2, 0.25) is 5.91 Å². The predicted octanol–water partition coefficient (Wildman–Crippen LogP) is 1.06. The molecule has 17 heavy (non-hydrogen) atoms. The number of rotatable bonds is 5. The maximum atomic E-state index is 13.0. The van der Waals surface area contributed by atoms with Gasteiger partial charge in [-0.2, -0.15) is 0 Å². The van der Waals surface area contributed by atoms with Crippen LogP contribution in [0.2, 0.25) is 0 Å². The molecular weight excluding hydrogens is 250 g/mol. The first kappa shape index (κ1) is 13.9. The Morgan fingerprint density at radius 3 is 2.76 bits per heavy atom. The van der Waals surface area contributed by atoms with Gasteiger partial charge in [-0.3, -0.25) is 10.2 Å². The van der Waals surface area contributed by atoms with E-state index in [0.717, 1.165) is 23.9 Å². The molecule has 0 heterocycles. The number of carbonyl (C=O) groups is 1. The van der Waals surface area contributed by atoms with Gasteiger partial charge in [0.05, 0.1) is 6.61 Å². The number of hydrogen-bond donors (Lipinski definition) is 2. The molecule has 0 radical (unpaired) electrons. The topological polar surface area (TPSA) is 64.3 Å². The number of hydrazine groups is 1. The molecule has 3 N–H and O–H groups in total. The van der Waals surface area contributed by atoms with E-state index in [1.165, 1.54) is 13.2 Å². The van der Waals surface area contributed by atoms with Crippen LogP contribution in [0.25, 0.3) is 0 Å². The molecule has 1 amide bonds. The van der Waals surface area contributed by atoms with Crippen molar-refractivity contribution in [1.29, 1.82) is 0 Å². The maximum Gasteiger partial charge on any atom is 0.249 e. The predicted molar refractivity (Wildman–Crippen MR) is 60.2 cm³/mol. The van der Waals surface area contributed by atoms with Crippen molar-refractivity contribution in [2.45, 2.75) is 10.1 Å². The number of nitrogens with two attached hydrogens (primary N) is 1. The molecule has 0 aliphatic heterocycles. The van der Waals surface area contributed by atoms with Crippen LogP contribution in [0.5, 0.6) is 0 Å². The summed E-state index contributed by atoms with van der Waals surface area (Å²) >= 11 is 1.05. The molecule has 0 saturated carbocycles. The molecule has 0 fully saturated rings. The van der Waals surface area contributed by atoms with Crippen LogP contribution >= 0.6 is 11.8 Å². The third-order valence-electron chi connectivity index (χ3n) is 1.92. The maximum absolute atomic E-state index is 13.0. The quantitative estimate of drug-likeness (QED) is 0.360. The Labute approximate surface area is 101 Å². The average molecular weight is 262 g/mol. The van der Waals surface area contributed by atoms with E-state index in [-0.39, 0.29) is 6.61 Å². The number of carbonyl (C=O) groups excluding carboxylic acids is 1. The highest BCUT2D eigenvalue weighted by atomic mass is 32.2. The third kappa shape index (κ3) is 3.95. The van der Waals surface area contributed by atoms with Gasteiger partial charge >= 0.3 is 0 Å². The van der Waals surface area contributed by atoms with Gasteiger partial charge in [-0.1, -0.05) is 0 Å². The van der Waals surface area contributed by atoms with Crippen molar-refractivity contribution in [3.05, 3.63) is 29.8 Å². The van der Waals surface area contributed by atoms with Crippen molar-refractivity contribution in [2.24, 2.45) is 5.84 Å². The highest BCUT2D eigenvalue weighted by Crippen LogP contribution is 2.25. The molecule has 0 spiro atoms. The fourth-order valence-electron chi connectivity index (χ4n) is 1.12. The summed E-state index contributed by atoms with van der Waals surface area (Å²) < 4.78 is 30.5. The summed E-state index contributed by atoms with van der Waals surface area (Å²) in [4.78, 5) is 11.8. The van der Waals surface area contributed by atoms with E-state index in [4.69, 9.17) is 10.6 Å². The van der Waals surface area contributed by atoms with Gasteiger partial charge in [-0.05, 0) is 18.2 Å². The summed E-state index contributed by atoms with van der Waals surface area (Å²) in [5.41, 5.74) is 1.99. The first-order chi connectivity index (χ1) is 8.08. The molecule has 0 aliphatic carbocycles. The van der Waals surface area contributed by atoms with Crippen molar-refractivity contribution < 1.29 is 18.3 Å². The van der Waals surface area contributed by atoms with Crippen molar-refractivity contribution in [3.63, 3.8) is 0 Å². The lowest BCUT2D eigenvalue weighted by Gasteiger charge is -2.13. The van der Waals surface area contributed by atoms with Gasteiger partial charge in [0, 0.05) is 12.0 Å². The molecular formula is C10H12F2N2O2S. The Bertz CT molecular complexity index is 404. The van der Waals surface area contributed by atoms with Gasteiger partial charge < -0.3 is 4.74 Å². The van der Waals surface area contributed by atoms with Crippen molar-refractivity contribution in [2.75, 3.05) is 13.7 Å². The van der Waals surface area contributed by atoms with Crippen molar-refractivity contribution >= 4 is 17.7 Å². The number of thioether (sulfide) groups is 1. The SMILES string of the molecule is COCC(Sc1ccc(F)c(F)c1)C(=O)NN. The smallest absolute Gasteiger partial charge is 0.249 e. The fourth-order valence-corrected chi connectivity index (χ4v) is 2.15. The summed E-state index contributed by atoms with van der Waals surface area (Å²) in [5, 5.41) is -0.616. The van der Waals surface area contributed by atoms with Gasteiger partial charge in [-0.25, -0.2) is 14.6 Å². The average Bonchev–Trinajstić information content (AvgIpc) is 2.32. The molecule has 1 atom stereocenters. The zero-order chi connectivity index (χ0) is 12.8. The Balaban J connectivity index is 2.78. The van der Waals surface area contributed by atoms with E-state index < -0.39 is 22.8 Å². The minimum Gasteiger partial charge on any atom is -0.383 e. The standard InChI is InChI=1S/C10H12F2N2O2S/c1-16-5-9(10(15)14-13)17-6-2-3-7(11)8(12)4-6/h2-4,9H,5,13H2,1H3,(H,14,15). The van der Waals surface area contributed by atoms with Gasteiger partial charge in [0.25, 0.3) is 0 Å². The van der Waals surface area contributed by atoms with E-state index >= 15 is 0 Å². The number of methoxy groups -OCH3 is 1. The molecule has 1 aromatic carbocycles. The molecule has 0 aromatic heterocycles. The van der Waals surface area contributed by atoms with Crippen LogP contribution in [0, 0.1) is 11.6 Å². The highest BCUT2D eigenvalue weighted by molar-refractivity contribution is 8.00. The lowest BCUT2D eigenvalue weighted by atomic mass is 10.3. The summed E-state index contributed by atoms with van der Waals surface area (Å²) in [7, 11) is 1.43. The van der Waals surface area contributed by atoms with Gasteiger partial charge in [-0.15, -0.1) is 11.8 Å². The van der Waals surface area contributed by atoms with Gasteiger partial charge in [0.15, 0.2) is 11.6 Å². The number of benzene rings is 1. The van der Waals surface area contributed by atoms with Crippen LogP contribution in [0.3, 0.4) is 0 Å². The first-order valence-corrected chi connectivity index (χ1v) is 5.57. The van der Waals surface area contributed by atoms with E-state index in [9.17, 15) is 13.6 Å². The zero-order valence-corrected chi connectivity index (χ0v) is 9.89. The Hall–Kier alpha value is -1.18. The lowest BCUT2D eigenvalue weighted by molar-refractivity contribution is -0.121. The number of hydrogen-bond acceptors (Lipinski definition) is 4. The second kappa shape index (κ2) is 6.53. The minimum atomic E-state index is -0.959. The normalized spacial score (nSPS) is 12.2. The lowest BCUT2D eigenvalue weighted by Crippen LogP contribution is -2.39. The summed E-state index contributed by atoms with van der Waals surface area (Å²) in [6, 6.07) is 3.41. The second-order valence-electron chi connectivity index (χ2n) is 3.15. The van der Waals surface area contributed by atoms with E-state index in [0.29, 0.717) is 4.90 Å². The first-order valence-electron chi connectivity index (χ1n) is 4.69. The molecule has 0 aliphatic rings. The fraction of sp³-hybridized carbons (Fsp3) is 0.300. The number of halogens is 2. The Morgan fingerprint density at radius 1 is 1.53 bits per heavy atom. The Kier molecular flexibility index (Phi) is 5.33. The van der Waals surface area contributed by atoms with E-state index in [2.05, 4.69) is 0 Å². The summed E-state index contributed by atoms with van der Waals surface area (Å²) in [6.07, 6.45) is 0. The zero-order valence-electron chi connectivity index (χ0n) is 9.07. The van der Waals surface area contributed by atoms with E-state index in [1.807, 2.05) is 5.43 Å². The van der Waals surface area contributed by atoms with Crippen LogP contribution in [0.15, 0.2) is 23.1 Å². The number of nitrogens with one attached hydrogen (secondary N) is 1. The van der Waals surface area contributed by atoms with Gasteiger partial charge in [0.1, 0.15) is 5.25 Å². The summed E-state index contributed by atoms with van der Waals surface area (Å²) in [6.45, 7) is 0.118. The molecule has 1 unspecified atom stereocenters. The van der Waals surface area contributed by atoms with Crippen molar-refractivity contribution in [1.82, 2.24) is 5.43 Å². The minimum absolute atomic E-state index is 0.118. The molecule has 1 rings (SSSR count). The Morgan fingerprint density at radius 2 is 2.24 bits per heavy atom. The van der Waals surface area contributed by atoms with Crippen molar-refractivity contribution in [3.8, 4) is 0 Å². The molecule has 1 aromatic rings. The number of amides is 1. The molecule has 0 bridgehead atoms. The van der Waals surface area contributed by atoms with E-state index in [1.54, 1.807) is 0 Å². The highest BCUT2D eigenvalue weighted by Gasteiger charge is 2.19. The third-order valence-corrected chi connectivity index (χ3v) is 3.08. The second-order valence-corrected chi connectivity index (χ2v) is 4.42. The van der Waals surface area contributed by atoms with Crippen LogP contribution < -0.4 is 11.3 Å². The van der Waals surface area contributed by atoms with Crippen LogP contribution in [0.4, 0.5) is 8.78 Å². The molecule has 94 valence electrons. The van der Waals surface area contributed by atoms with Crippen LogP contribution in [-0.4, -0.2) is 24.9 Å². The van der Waals surface area contributed by atoms with Crippen LogP contribution in [0.1, 0.15) is 0 Å². The van der Waals surface area contributed by atoms with Crippen LogP contribution in [-0.2, 0) is 9.53 Å². The largest absolute Gasteiger partial charge is 0.383 e. The molecule has 7 heteroatoms. The molecule has 4 nitrogen and oxygen atoms in total. The number of ether oxygens (including phenoxy) is 1.